The first-order valence-electron chi connectivity index (χ1n) is 8.26. The normalized spacial score (nSPS) is 22.8. The van der Waals surface area contributed by atoms with E-state index in [0.29, 0.717) is 34.1 Å². The van der Waals surface area contributed by atoms with Crippen molar-refractivity contribution in [3.05, 3.63) is 22.3 Å². The Bertz CT molecular complexity index is 678. The van der Waals surface area contributed by atoms with Crippen LogP contribution in [0.4, 0.5) is 5.82 Å². The SMILES string of the molecule is Cc1nc(NC2CC(N(CC(=O)O)CC3CC3)C2)c(Cl)cc1C#N. The van der Waals surface area contributed by atoms with E-state index >= 15 is 0 Å². The average molecular weight is 349 g/mol. The Morgan fingerprint density at radius 1 is 1.54 bits per heavy atom. The van der Waals surface area contributed by atoms with Gasteiger partial charge in [0.1, 0.15) is 11.9 Å². The molecule has 7 heteroatoms. The third-order valence-electron chi connectivity index (χ3n) is 4.79. The molecular weight excluding hydrogens is 328 g/mol. The van der Waals surface area contributed by atoms with Crippen molar-refractivity contribution in [2.45, 2.75) is 44.7 Å². The fourth-order valence-electron chi connectivity index (χ4n) is 3.14. The number of hydrogen-bond donors (Lipinski definition) is 2. The zero-order valence-electron chi connectivity index (χ0n) is 13.6. The molecule has 1 aromatic rings. The van der Waals surface area contributed by atoms with Crippen LogP contribution in [0.1, 0.15) is 36.9 Å². The van der Waals surface area contributed by atoms with Crippen molar-refractivity contribution in [1.82, 2.24) is 9.88 Å². The van der Waals surface area contributed by atoms with Gasteiger partial charge in [0, 0.05) is 18.6 Å². The van der Waals surface area contributed by atoms with Crippen molar-refractivity contribution in [3.63, 3.8) is 0 Å². The lowest BCUT2D eigenvalue weighted by Crippen LogP contribution is -2.52. The van der Waals surface area contributed by atoms with E-state index in [-0.39, 0.29) is 12.6 Å². The Morgan fingerprint density at radius 3 is 2.83 bits per heavy atom. The minimum atomic E-state index is -0.764. The fraction of sp³-hybridized carbons (Fsp3) is 0.588. The van der Waals surface area contributed by atoms with Gasteiger partial charge in [0.15, 0.2) is 0 Å². The highest BCUT2D eigenvalue weighted by Crippen LogP contribution is 2.35. The number of hydrogen-bond acceptors (Lipinski definition) is 5. The quantitative estimate of drug-likeness (QED) is 0.787. The lowest BCUT2D eigenvalue weighted by molar-refractivity contribution is -0.139. The standard InChI is InChI=1S/C17H21ClN4O2/c1-10-12(7-19)4-15(18)17(20-10)21-13-5-14(6-13)22(9-16(23)24)8-11-2-3-11/h4,11,13-14H,2-3,5-6,8-9H2,1H3,(H,20,21)(H,23,24). The number of anilines is 1. The summed E-state index contributed by atoms with van der Waals surface area (Å²) < 4.78 is 0. The van der Waals surface area contributed by atoms with Crippen molar-refractivity contribution >= 4 is 23.4 Å². The van der Waals surface area contributed by atoms with Crippen LogP contribution in [0, 0.1) is 24.2 Å². The van der Waals surface area contributed by atoms with Crippen molar-refractivity contribution in [2.75, 3.05) is 18.4 Å². The van der Waals surface area contributed by atoms with Crippen molar-refractivity contribution in [3.8, 4) is 6.07 Å². The number of rotatable bonds is 7. The topological polar surface area (TPSA) is 89.2 Å². The Balaban J connectivity index is 1.57. The molecule has 24 heavy (non-hydrogen) atoms. The van der Waals surface area contributed by atoms with E-state index in [1.807, 2.05) is 0 Å². The molecule has 2 N–H and O–H groups in total. The van der Waals surface area contributed by atoms with Crippen LogP contribution in [0.5, 0.6) is 0 Å². The molecule has 1 heterocycles. The van der Waals surface area contributed by atoms with Gasteiger partial charge in [-0.15, -0.1) is 0 Å². The summed E-state index contributed by atoms with van der Waals surface area (Å²) in [5.74, 6) is 0.511. The molecule has 0 aliphatic heterocycles. The molecule has 0 aromatic carbocycles. The van der Waals surface area contributed by atoms with Crippen LogP contribution in [0.3, 0.4) is 0 Å². The molecule has 2 aliphatic carbocycles. The predicted molar refractivity (Wildman–Crippen MR) is 91.1 cm³/mol. The van der Waals surface area contributed by atoms with Crippen molar-refractivity contribution in [2.24, 2.45) is 5.92 Å². The van der Waals surface area contributed by atoms with E-state index in [2.05, 4.69) is 21.3 Å². The summed E-state index contributed by atoms with van der Waals surface area (Å²) in [6.45, 7) is 2.79. The maximum Gasteiger partial charge on any atom is 0.317 e. The number of nitrogens with one attached hydrogen (secondary N) is 1. The van der Waals surface area contributed by atoms with Crippen molar-refractivity contribution < 1.29 is 9.90 Å². The zero-order chi connectivity index (χ0) is 17.3. The van der Waals surface area contributed by atoms with Gasteiger partial charge in [0.2, 0.25) is 0 Å². The Kier molecular flexibility index (Phi) is 4.93. The number of pyridine rings is 1. The van der Waals surface area contributed by atoms with Gasteiger partial charge < -0.3 is 10.4 Å². The van der Waals surface area contributed by atoms with Crippen LogP contribution in [0.25, 0.3) is 0 Å². The third kappa shape index (κ3) is 3.97. The van der Waals surface area contributed by atoms with Crippen LogP contribution >= 0.6 is 11.6 Å². The average Bonchev–Trinajstić information content (AvgIpc) is 3.28. The lowest BCUT2D eigenvalue weighted by Gasteiger charge is -2.43. The number of aryl methyl sites for hydroxylation is 1. The first kappa shape index (κ1) is 17.0. The maximum atomic E-state index is 11.1. The first-order valence-corrected chi connectivity index (χ1v) is 8.63. The second-order valence-electron chi connectivity index (χ2n) is 6.80. The molecule has 0 amide bonds. The zero-order valence-corrected chi connectivity index (χ0v) is 14.4. The van der Waals surface area contributed by atoms with Crippen LogP contribution in [-0.4, -0.2) is 46.1 Å². The van der Waals surface area contributed by atoms with Gasteiger partial charge in [-0.1, -0.05) is 11.6 Å². The van der Waals surface area contributed by atoms with Gasteiger partial charge in [-0.05, 0) is 44.6 Å². The number of carbonyl (C=O) groups is 1. The number of nitriles is 1. The molecule has 0 saturated heterocycles. The number of carboxylic acid groups (broad SMARTS) is 1. The lowest BCUT2D eigenvalue weighted by atomic mass is 9.85. The molecule has 1 aromatic heterocycles. The maximum absolute atomic E-state index is 11.1. The molecule has 0 unspecified atom stereocenters. The second kappa shape index (κ2) is 6.96. The molecule has 6 nitrogen and oxygen atoms in total. The summed E-state index contributed by atoms with van der Waals surface area (Å²) in [6, 6.07) is 4.24. The van der Waals surface area contributed by atoms with E-state index in [1.165, 1.54) is 12.8 Å². The summed E-state index contributed by atoms with van der Waals surface area (Å²) in [5.41, 5.74) is 1.13. The van der Waals surface area contributed by atoms with Crippen LogP contribution in [-0.2, 0) is 4.79 Å². The summed E-state index contributed by atoms with van der Waals surface area (Å²) in [5, 5.41) is 21.9. The minimum absolute atomic E-state index is 0.114. The predicted octanol–water partition coefficient (Wildman–Crippen LogP) is 2.65. The molecule has 2 aliphatic rings. The van der Waals surface area contributed by atoms with E-state index in [1.54, 1.807) is 13.0 Å². The molecule has 3 rings (SSSR count). The van der Waals surface area contributed by atoms with Gasteiger partial charge >= 0.3 is 5.97 Å². The number of nitrogens with zero attached hydrogens (tertiary/aromatic N) is 3. The molecule has 2 fully saturated rings. The van der Waals surface area contributed by atoms with Gasteiger partial charge in [0.25, 0.3) is 0 Å². The number of aromatic nitrogens is 1. The number of aliphatic carboxylic acids is 1. The molecule has 128 valence electrons. The summed E-state index contributed by atoms with van der Waals surface area (Å²) >= 11 is 6.19. The highest BCUT2D eigenvalue weighted by atomic mass is 35.5. The first-order chi connectivity index (χ1) is 11.5. The van der Waals surface area contributed by atoms with Crippen LogP contribution < -0.4 is 5.32 Å². The van der Waals surface area contributed by atoms with Crippen LogP contribution in [0.15, 0.2) is 6.07 Å². The summed E-state index contributed by atoms with van der Waals surface area (Å²) in [6.07, 6.45) is 4.21. The van der Waals surface area contributed by atoms with E-state index in [9.17, 15) is 4.79 Å². The smallest absolute Gasteiger partial charge is 0.317 e. The van der Waals surface area contributed by atoms with Gasteiger partial charge in [-0.2, -0.15) is 5.26 Å². The van der Waals surface area contributed by atoms with Crippen LogP contribution in [0.2, 0.25) is 5.02 Å². The Hall–Kier alpha value is -1.84. The molecule has 0 atom stereocenters. The van der Waals surface area contributed by atoms with Gasteiger partial charge in [-0.3, -0.25) is 9.69 Å². The summed E-state index contributed by atoms with van der Waals surface area (Å²) in [4.78, 5) is 17.5. The minimum Gasteiger partial charge on any atom is -0.480 e. The molecular formula is C17H21ClN4O2. The van der Waals surface area contributed by atoms with E-state index < -0.39 is 5.97 Å². The van der Waals surface area contributed by atoms with Crippen molar-refractivity contribution in [1.29, 1.82) is 5.26 Å². The summed E-state index contributed by atoms with van der Waals surface area (Å²) in [7, 11) is 0. The molecule has 0 radical (unpaired) electrons. The Morgan fingerprint density at radius 2 is 2.25 bits per heavy atom. The number of carboxylic acids is 1. The van der Waals surface area contributed by atoms with Gasteiger partial charge in [-0.25, -0.2) is 4.98 Å². The highest BCUT2D eigenvalue weighted by Gasteiger charge is 2.37. The van der Waals surface area contributed by atoms with Gasteiger partial charge in [0.05, 0.1) is 22.8 Å². The Labute approximate surface area is 146 Å². The molecule has 0 spiro atoms. The van der Waals surface area contributed by atoms with E-state index in [0.717, 1.165) is 19.4 Å². The monoisotopic (exact) mass is 348 g/mol. The largest absolute Gasteiger partial charge is 0.480 e. The number of halogens is 1. The fourth-order valence-corrected chi connectivity index (χ4v) is 3.35. The third-order valence-corrected chi connectivity index (χ3v) is 5.07. The molecule has 2 saturated carbocycles. The second-order valence-corrected chi connectivity index (χ2v) is 7.20. The van der Waals surface area contributed by atoms with E-state index in [4.69, 9.17) is 22.0 Å². The molecule has 0 bridgehead atoms. The highest BCUT2D eigenvalue weighted by molar-refractivity contribution is 6.33.